The van der Waals surface area contributed by atoms with Gasteiger partial charge in [-0.05, 0) is 45.4 Å². The number of rotatable bonds is 6. The van der Waals surface area contributed by atoms with Crippen LogP contribution in [0.1, 0.15) is 43.1 Å². The van der Waals surface area contributed by atoms with E-state index in [0.717, 1.165) is 6.07 Å². The molecule has 0 aliphatic rings. The Hall–Kier alpha value is -2.88. The quantitative estimate of drug-likeness (QED) is 0.381. The monoisotopic (exact) mass is 457 g/mol. The minimum Gasteiger partial charge on any atom is -0.477 e. The van der Waals surface area contributed by atoms with Gasteiger partial charge in [0.2, 0.25) is 5.88 Å². The standard InChI is InChI=1S/C20H23ClF3N5O2/c1-19(2,3)29(18(25)28-16(30)13-5-7-26-8-6-13)9-4-10-31-17-15(21)11-14(12-27-17)20(22,23)24/h5-8,11-12H,4,9-10H2,1-3H3,(H2,25,28,30). The minimum atomic E-state index is -4.54. The van der Waals surface area contributed by atoms with Gasteiger partial charge in [0.05, 0.1) is 12.2 Å². The first-order chi connectivity index (χ1) is 14.4. The summed E-state index contributed by atoms with van der Waals surface area (Å²) < 4.78 is 43.4. The average Bonchev–Trinajstić information content (AvgIpc) is 2.67. The lowest BCUT2D eigenvalue weighted by molar-refractivity contribution is -0.137. The van der Waals surface area contributed by atoms with E-state index in [4.69, 9.17) is 21.7 Å². The van der Waals surface area contributed by atoms with Gasteiger partial charge >= 0.3 is 6.18 Å². The van der Waals surface area contributed by atoms with Gasteiger partial charge in [0, 0.05) is 36.2 Å². The second-order valence-electron chi connectivity index (χ2n) is 7.57. The van der Waals surface area contributed by atoms with Crippen LogP contribution in [0.3, 0.4) is 0 Å². The molecule has 2 rings (SSSR count). The van der Waals surface area contributed by atoms with Crippen molar-refractivity contribution < 1.29 is 22.7 Å². The van der Waals surface area contributed by atoms with Crippen molar-refractivity contribution in [1.29, 1.82) is 5.41 Å². The molecule has 2 heterocycles. The highest BCUT2D eigenvalue weighted by Crippen LogP contribution is 2.33. The van der Waals surface area contributed by atoms with E-state index in [0.29, 0.717) is 24.7 Å². The van der Waals surface area contributed by atoms with E-state index in [9.17, 15) is 18.0 Å². The third-order valence-corrected chi connectivity index (χ3v) is 4.42. The lowest BCUT2D eigenvalue weighted by atomic mass is 10.1. The lowest BCUT2D eigenvalue weighted by Gasteiger charge is -2.37. The number of hydrogen-bond acceptors (Lipinski definition) is 5. The summed E-state index contributed by atoms with van der Waals surface area (Å²) in [6.07, 6.45) is -0.504. The van der Waals surface area contributed by atoms with Crippen LogP contribution in [-0.4, -0.2) is 45.4 Å². The molecule has 1 amide bonds. The molecular weight excluding hydrogens is 435 g/mol. The molecule has 0 radical (unpaired) electrons. The minimum absolute atomic E-state index is 0.0833. The van der Waals surface area contributed by atoms with E-state index >= 15 is 0 Å². The van der Waals surface area contributed by atoms with Crippen LogP contribution < -0.4 is 10.1 Å². The van der Waals surface area contributed by atoms with Gasteiger partial charge < -0.3 is 9.64 Å². The Morgan fingerprint density at radius 1 is 1.26 bits per heavy atom. The van der Waals surface area contributed by atoms with Crippen molar-refractivity contribution in [3.05, 3.63) is 52.9 Å². The molecule has 31 heavy (non-hydrogen) atoms. The smallest absolute Gasteiger partial charge is 0.417 e. The van der Waals surface area contributed by atoms with Crippen molar-refractivity contribution in [2.75, 3.05) is 13.2 Å². The Balaban J connectivity index is 1.94. The van der Waals surface area contributed by atoms with Gasteiger partial charge in [-0.2, -0.15) is 13.2 Å². The molecule has 11 heteroatoms. The zero-order valence-electron chi connectivity index (χ0n) is 17.3. The summed E-state index contributed by atoms with van der Waals surface area (Å²) in [5.41, 5.74) is -1.06. The highest BCUT2D eigenvalue weighted by Gasteiger charge is 2.32. The number of pyridine rings is 2. The predicted molar refractivity (Wildman–Crippen MR) is 110 cm³/mol. The molecule has 0 spiro atoms. The molecule has 0 fully saturated rings. The number of guanidine groups is 1. The van der Waals surface area contributed by atoms with Crippen molar-refractivity contribution in [3.8, 4) is 5.88 Å². The van der Waals surface area contributed by atoms with Crippen molar-refractivity contribution in [3.63, 3.8) is 0 Å². The molecule has 0 unspecified atom stereocenters. The normalized spacial score (nSPS) is 11.7. The number of carbonyl (C=O) groups excluding carboxylic acids is 1. The Labute approximate surface area is 183 Å². The largest absolute Gasteiger partial charge is 0.477 e. The van der Waals surface area contributed by atoms with E-state index in [-0.39, 0.29) is 23.5 Å². The summed E-state index contributed by atoms with van der Waals surface area (Å²) >= 11 is 5.83. The zero-order valence-corrected chi connectivity index (χ0v) is 18.0. The molecule has 0 aliphatic carbocycles. The number of carbonyl (C=O) groups is 1. The Kier molecular flexibility index (Phi) is 7.83. The Bertz CT molecular complexity index is 917. The SMILES string of the molecule is CC(C)(C)N(CCCOc1ncc(C(F)(F)F)cc1Cl)C(=N)NC(=O)c1ccncc1. The van der Waals surface area contributed by atoms with Crippen LogP contribution in [0.2, 0.25) is 5.02 Å². The summed E-state index contributed by atoms with van der Waals surface area (Å²) in [5.74, 6) is -0.614. The first kappa shape index (κ1) is 24.4. The maximum atomic E-state index is 12.7. The van der Waals surface area contributed by atoms with Gasteiger partial charge in [-0.1, -0.05) is 11.6 Å². The molecule has 7 nitrogen and oxygen atoms in total. The van der Waals surface area contributed by atoms with Crippen LogP contribution in [0.5, 0.6) is 5.88 Å². The third-order valence-electron chi connectivity index (χ3n) is 4.15. The average molecular weight is 458 g/mol. The second-order valence-corrected chi connectivity index (χ2v) is 7.98. The topological polar surface area (TPSA) is 91.2 Å². The molecular formula is C20H23ClF3N5O2. The fraction of sp³-hybridized carbons (Fsp3) is 0.400. The summed E-state index contributed by atoms with van der Waals surface area (Å²) in [4.78, 5) is 21.5. The van der Waals surface area contributed by atoms with Gasteiger partial charge in [-0.25, -0.2) is 4.98 Å². The van der Waals surface area contributed by atoms with Crippen LogP contribution in [0.15, 0.2) is 36.8 Å². The first-order valence-corrected chi connectivity index (χ1v) is 9.70. The second kappa shape index (κ2) is 9.95. The number of ether oxygens (including phenoxy) is 1. The van der Waals surface area contributed by atoms with E-state index in [1.807, 2.05) is 20.8 Å². The molecule has 0 bridgehead atoms. The fourth-order valence-electron chi connectivity index (χ4n) is 2.61. The van der Waals surface area contributed by atoms with Crippen molar-refractivity contribution in [1.82, 2.24) is 20.2 Å². The van der Waals surface area contributed by atoms with Gasteiger partial charge in [-0.3, -0.25) is 20.5 Å². The summed E-state index contributed by atoms with van der Waals surface area (Å²) in [6.45, 7) is 6.10. The number of alkyl halides is 3. The molecule has 2 aromatic rings. The van der Waals surface area contributed by atoms with Gasteiger partial charge in [0.15, 0.2) is 5.96 Å². The lowest BCUT2D eigenvalue weighted by Crippen LogP contribution is -2.52. The van der Waals surface area contributed by atoms with Gasteiger partial charge in [0.1, 0.15) is 5.02 Å². The van der Waals surface area contributed by atoms with Crippen molar-refractivity contribution >= 4 is 23.5 Å². The number of amides is 1. The highest BCUT2D eigenvalue weighted by molar-refractivity contribution is 6.31. The maximum Gasteiger partial charge on any atom is 0.417 e. The van der Waals surface area contributed by atoms with E-state index < -0.39 is 23.2 Å². The van der Waals surface area contributed by atoms with E-state index in [1.165, 1.54) is 12.4 Å². The van der Waals surface area contributed by atoms with Crippen LogP contribution in [0.25, 0.3) is 0 Å². The molecule has 168 valence electrons. The van der Waals surface area contributed by atoms with Crippen LogP contribution in [0, 0.1) is 5.41 Å². The van der Waals surface area contributed by atoms with Crippen molar-refractivity contribution in [2.24, 2.45) is 0 Å². The first-order valence-electron chi connectivity index (χ1n) is 9.32. The number of hydrogen-bond donors (Lipinski definition) is 2. The molecule has 0 saturated heterocycles. The zero-order chi connectivity index (χ0) is 23.2. The number of nitrogens with zero attached hydrogens (tertiary/aromatic N) is 3. The summed E-state index contributed by atoms with van der Waals surface area (Å²) in [5, 5.41) is 10.6. The Morgan fingerprint density at radius 3 is 2.45 bits per heavy atom. The molecule has 2 aromatic heterocycles. The Morgan fingerprint density at radius 2 is 1.90 bits per heavy atom. The van der Waals surface area contributed by atoms with Gasteiger partial charge in [-0.15, -0.1) is 0 Å². The van der Waals surface area contributed by atoms with E-state index in [2.05, 4.69) is 15.3 Å². The van der Waals surface area contributed by atoms with E-state index in [1.54, 1.807) is 17.0 Å². The number of halogens is 4. The van der Waals surface area contributed by atoms with Crippen LogP contribution in [-0.2, 0) is 6.18 Å². The third kappa shape index (κ3) is 7.09. The number of aromatic nitrogens is 2. The molecule has 0 aromatic carbocycles. The molecule has 2 N–H and O–H groups in total. The summed E-state index contributed by atoms with van der Waals surface area (Å²) in [6, 6.07) is 3.84. The molecule has 0 atom stereocenters. The number of nitrogens with one attached hydrogen (secondary N) is 2. The van der Waals surface area contributed by atoms with Crippen LogP contribution >= 0.6 is 11.6 Å². The van der Waals surface area contributed by atoms with Gasteiger partial charge in [0.25, 0.3) is 5.91 Å². The predicted octanol–water partition coefficient (Wildman–Crippen LogP) is 4.38. The fourth-order valence-corrected chi connectivity index (χ4v) is 2.83. The molecule has 0 saturated carbocycles. The molecule has 0 aliphatic heterocycles. The highest BCUT2D eigenvalue weighted by atomic mass is 35.5. The van der Waals surface area contributed by atoms with Crippen LogP contribution in [0.4, 0.5) is 13.2 Å². The maximum absolute atomic E-state index is 12.7. The van der Waals surface area contributed by atoms with Crippen molar-refractivity contribution in [2.45, 2.75) is 38.9 Å². The summed E-state index contributed by atoms with van der Waals surface area (Å²) in [7, 11) is 0.